The van der Waals surface area contributed by atoms with Gasteiger partial charge in [0.1, 0.15) is 207 Å². The zero-order chi connectivity index (χ0) is 76.5. The van der Waals surface area contributed by atoms with Crippen LogP contribution >= 0.6 is 0 Å². The third-order valence-corrected chi connectivity index (χ3v) is 19.5. The number of carbonyl (C=O) groups is 2. The summed E-state index contributed by atoms with van der Waals surface area (Å²) in [5, 5.41) is 281. The Labute approximate surface area is 589 Å². The number of rotatable bonds is 25. The van der Waals surface area contributed by atoms with E-state index in [1.807, 2.05) is 0 Å². The van der Waals surface area contributed by atoms with E-state index in [0.29, 0.717) is 0 Å². The lowest BCUT2D eigenvalue weighted by molar-refractivity contribution is -0.413. The molecule has 0 aromatic rings. The fraction of sp³-hybridized carbons (Fsp3) is 0.966. The average molecular weight is 1530 g/mol. The molecular formula is C58H98N2O44. The van der Waals surface area contributed by atoms with Gasteiger partial charge >= 0.3 is 0 Å². The van der Waals surface area contributed by atoms with E-state index in [1.165, 1.54) is 13.8 Å². The van der Waals surface area contributed by atoms with Gasteiger partial charge in [-0.25, -0.2) is 0 Å². The summed E-state index contributed by atoms with van der Waals surface area (Å²) in [7, 11) is 0. The van der Waals surface area contributed by atoms with Crippen LogP contribution in [0.3, 0.4) is 0 Å². The van der Waals surface area contributed by atoms with Gasteiger partial charge in [-0.2, -0.15) is 0 Å². The number of carbonyl (C=O) groups excluding carboxylic acids is 2. The molecule has 0 saturated carbocycles. The summed E-state index contributed by atoms with van der Waals surface area (Å²) in [6.45, 7) is -3.39. The average Bonchev–Trinajstić information content (AvgIpc) is 0.761. The fourth-order valence-electron chi connectivity index (χ4n) is 13.5. The molecule has 0 unspecified atom stereocenters. The molecule has 27 N–H and O–H groups in total. The maximum absolute atomic E-state index is 13.2. The van der Waals surface area contributed by atoms with Crippen LogP contribution < -0.4 is 10.6 Å². The SMILES string of the molecule is CC(=O)N[C@@H]1[C@@H](O[C@@H]2O[C@@H](C)[C@@H](O)[C@@H](O)[C@@H]2O)[C@H](O[C@@H]2O[C@H](CO)[C@@H](O[C@@H]3O[C@H](CO[C@H]4O[C@H](CO)[C@@H](O)[C@H](O)[C@@H]4O)[C@@H](O[C@@H]4O[C@H](CO)[C@H](O)[C@H](O)[C@H]4O[C@@H]4O[C@@H](C)[C@@H](O)[C@@H](O)[C@@H]4O)[C@H](O[C@H]4O[C@H](CO)[C@@H](O[C@H]5O[C@H](CO)[C@H](O)[C@H](O)[C@H]5O)[C@H](O)[C@@H]4O)[C@@H]3O)[C@H](O)[C@H]2NC(C)=O)[C@@H](CO)O[C@H]1O. The van der Waals surface area contributed by atoms with Gasteiger partial charge in [0.15, 0.2) is 56.6 Å². The molecule has 104 heavy (non-hydrogen) atoms. The topological polar surface area (TPSA) is 721 Å². The number of hydrogen-bond acceptors (Lipinski definition) is 44. The van der Waals surface area contributed by atoms with Gasteiger partial charge in [-0.15, -0.1) is 0 Å². The van der Waals surface area contributed by atoms with Crippen LogP contribution in [0.15, 0.2) is 0 Å². The lowest BCUT2D eigenvalue weighted by Crippen LogP contribution is -2.71. The number of aliphatic hydroxyl groups excluding tert-OH is 25. The summed E-state index contributed by atoms with van der Waals surface area (Å²) < 4.78 is 101. The molecule has 604 valence electrons. The van der Waals surface area contributed by atoms with E-state index < -0.39 is 334 Å². The van der Waals surface area contributed by atoms with Crippen molar-refractivity contribution < 1.29 is 218 Å². The van der Waals surface area contributed by atoms with E-state index in [2.05, 4.69) is 10.6 Å². The van der Waals surface area contributed by atoms with Gasteiger partial charge in [0.25, 0.3) is 0 Å². The first-order valence-electron chi connectivity index (χ1n) is 33.4. The molecule has 9 aliphatic rings. The van der Waals surface area contributed by atoms with E-state index >= 15 is 0 Å². The van der Waals surface area contributed by atoms with Crippen molar-refractivity contribution in [3.8, 4) is 0 Å². The van der Waals surface area contributed by atoms with Gasteiger partial charge in [0.2, 0.25) is 11.8 Å². The standard InChI is InChI=1S/C58H98N2O44/c1-12-25(69)31(75)38(82)53(89-12)102-47-24(60-15(4)68)50(87)91-21(10-66)45(47)100-51-23(59-14(3)67)30(74)43(19(8-64)95-51)98-57-42(86)48(103-56-41(85)36(80)44(20(9-65)96-56)99-55-40(84)34(78)28(72)17(6-62)93-55)46(22(97-57)11-88-52-37(81)33(77)27(71)16(5-61)92-52)101-58-49(35(79)29(73)18(7-63)94-58)104-54-39(83)32(76)26(70)13(2)90-54/h12-13,16-58,61-66,69-87H,5-11H2,1-4H3,(H,59,67)(H,60,68)/t12-,13-,16+,17+,18+,19+,20+,21+,22+,23+,24+,25+,26+,27+,28-,29-,30+,31+,32+,33-,34-,35-,36+,37-,38-,39-,40+,41-,42-,43+,44+,45+,46+,47+,48+,49+,50+,51-,52-,53-,54-,55+,56+,57-,58-/m0/s1. The maximum Gasteiger partial charge on any atom is 0.217 e. The van der Waals surface area contributed by atoms with Crippen LogP contribution in [-0.4, -0.2) is 462 Å². The first-order chi connectivity index (χ1) is 49.1. The molecule has 9 fully saturated rings. The van der Waals surface area contributed by atoms with E-state index in [4.69, 9.17) is 80.5 Å². The third kappa shape index (κ3) is 18.1. The normalized spacial score (nSPS) is 51.9. The number of ether oxygens (including phenoxy) is 17. The molecule has 0 radical (unpaired) electrons. The molecule has 0 bridgehead atoms. The molecule has 9 aliphatic heterocycles. The molecular weight excluding hydrogens is 1430 g/mol. The van der Waals surface area contributed by atoms with Crippen molar-refractivity contribution >= 4 is 11.8 Å². The van der Waals surface area contributed by atoms with Gasteiger partial charge in [0, 0.05) is 13.8 Å². The quantitative estimate of drug-likeness (QED) is 0.0404. The van der Waals surface area contributed by atoms with E-state index in [9.17, 15) is 137 Å². The largest absolute Gasteiger partial charge is 0.394 e. The van der Waals surface area contributed by atoms with Gasteiger partial charge in [-0.3, -0.25) is 9.59 Å². The summed E-state index contributed by atoms with van der Waals surface area (Å²) in [5.74, 6) is -1.82. The minimum absolute atomic E-state index is 0.844. The Kier molecular flexibility index (Phi) is 30.0. The van der Waals surface area contributed by atoms with Crippen LogP contribution in [-0.2, 0) is 90.1 Å². The number of amides is 2. The highest BCUT2D eigenvalue weighted by atomic mass is 16.8. The van der Waals surface area contributed by atoms with Crippen molar-refractivity contribution in [1.29, 1.82) is 0 Å². The molecule has 46 heteroatoms. The van der Waals surface area contributed by atoms with Crippen molar-refractivity contribution in [2.24, 2.45) is 0 Å². The van der Waals surface area contributed by atoms with Crippen molar-refractivity contribution in [3.05, 3.63) is 0 Å². The highest BCUT2D eigenvalue weighted by Crippen LogP contribution is 2.41. The van der Waals surface area contributed by atoms with E-state index in [1.54, 1.807) is 0 Å². The zero-order valence-corrected chi connectivity index (χ0v) is 55.9. The first kappa shape index (κ1) is 85.3. The molecule has 0 aromatic heterocycles. The summed E-state index contributed by atoms with van der Waals surface area (Å²) in [5.41, 5.74) is 0. The molecule has 0 spiro atoms. The Morgan fingerprint density at radius 3 is 1.07 bits per heavy atom. The second kappa shape index (κ2) is 36.6. The number of hydrogen-bond donors (Lipinski definition) is 27. The van der Waals surface area contributed by atoms with Gasteiger partial charge < -0.3 is 219 Å². The molecule has 9 rings (SSSR count). The van der Waals surface area contributed by atoms with Crippen LogP contribution in [0.2, 0.25) is 0 Å². The van der Waals surface area contributed by atoms with Crippen LogP contribution in [0, 0.1) is 0 Å². The smallest absolute Gasteiger partial charge is 0.217 e. The maximum atomic E-state index is 13.2. The predicted octanol–water partition coefficient (Wildman–Crippen LogP) is -18.3. The second-order valence-electron chi connectivity index (χ2n) is 26.7. The van der Waals surface area contributed by atoms with Crippen molar-refractivity contribution in [3.63, 3.8) is 0 Å². The van der Waals surface area contributed by atoms with Crippen LogP contribution in [0.5, 0.6) is 0 Å². The molecule has 46 nitrogen and oxygen atoms in total. The summed E-state index contributed by atoms with van der Waals surface area (Å²) in [6.07, 6.45) is -88.7. The highest BCUT2D eigenvalue weighted by molar-refractivity contribution is 5.73. The molecule has 0 aromatic carbocycles. The third-order valence-electron chi connectivity index (χ3n) is 19.5. The molecule has 0 aliphatic carbocycles. The Balaban J connectivity index is 1.10. The van der Waals surface area contributed by atoms with Crippen molar-refractivity contribution in [1.82, 2.24) is 10.6 Å². The monoisotopic (exact) mass is 1530 g/mol. The predicted molar refractivity (Wildman–Crippen MR) is 317 cm³/mol. The van der Waals surface area contributed by atoms with Gasteiger partial charge in [-0.05, 0) is 13.8 Å². The lowest BCUT2D eigenvalue weighted by atomic mass is 9.93. The molecule has 45 atom stereocenters. The molecule has 2 amide bonds. The Morgan fingerprint density at radius 2 is 0.577 bits per heavy atom. The van der Waals surface area contributed by atoms with Crippen LogP contribution in [0.1, 0.15) is 27.7 Å². The van der Waals surface area contributed by atoms with Crippen molar-refractivity contribution in [2.45, 2.75) is 304 Å². The van der Waals surface area contributed by atoms with E-state index in [-0.39, 0.29) is 0 Å². The van der Waals surface area contributed by atoms with Gasteiger partial charge in [-0.1, -0.05) is 0 Å². The molecule has 9 saturated heterocycles. The second-order valence-corrected chi connectivity index (χ2v) is 26.7. The zero-order valence-electron chi connectivity index (χ0n) is 55.9. The highest BCUT2D eigenvalue weighted by Gasteiger charge is 2.61. The Hall–Kier alpha value is -2.74. The lowest BCUT2D eigenvalue weighted by Gasteiger charge is -2.52. The summed E-state index contributed by atoms with van der Waals surface area (Å²) in [4.78, 5) is 25.9. The summed E-state index contributed by atoms with van der Waals surface area (Å²) in [6, 6.07) is -3.75. The molecule has 9 heterocycles. The first-order valence-corrected chi connectivity index (χ1v) is 33.4. The number of nitrogens with one attached hydrogen (secondary N) is 2. The summed E-state index contributed by atoms with van der Waals surface area (Å²) >= 11 is 0. The van der Waals surface area contributed by atoms with Crippen molar-refractivity contribution in [2.75, 3.05) is 46.2 Å². The minimum Gasteiger partial charge on any atom is -0.394 e. The van der Waals surface area contributed by atoms with Crippen LogP contribution in [0.4, 0.5) is 0 Å². The minimum atomic E-state index is -2.64. The number of aliphatic hydroxyl groups is 25. The Bertz CT molecular complexity index is 2670. The van der Waals surface area contributed by atoms with Gasteiger partial charge in [0.05, 0.1) is 58.5 Å². The van der Waals surface area contributed by atoms with Crippen LogP contribution in [0.25, 0.3) is 0 Å². The Morgan fingerprint density at radius 1 is 0.269 bits per heavy atom. The van der Waals surface area contributed by atoms with E-state index in [0.717, 1.165) is 13.8 Å². The fourth-order valence-corrected chi connectivity index (χ4v) is 13.5.